The van der Waals surface area contributed by atoms with Crippen LogP contribution in [0.15, 0.2) is 15.9 Å². The molecule has 1 aliphatic rings. The number of hydrogen-bond donors (Lipinski definition) is 1. The predicted octanol–water partition coefficient (Wildman–Crippen LogP) is 1.56. The van der Waals surface area contributed by atoms with Crippen molar-refractivity contribution < 1.29 is 14.4 Å². The average Bonchev–Trinajstić information content (AvgIpc) is 2.78. The van der Waals surface area contributed by atoms with Crippen LogP contribution in [0.3, 0.4) is 0 Å². The van der Waals surface area contributed by atoms with Crippen molar-refractivity contribution in [3.63, 3.8) is 0 Å². The van der Waals surface area contributed by atoms with Crippen molar-refractivity contribution in [1.82, 2.24) is 10.4 Å². The Morgan fingerprint density at radius 1 is 1.61 bits per heavy atom. The Balaban J connectivity index is 2.18. The van der Waals surface area contributed by atoms with Crippen molar-refractivity contribution in [1.29, 1.82) is 0 Å². The number of thiophene rings is 1. The molecule has 1 atom stereocenters. The van der Waals surface area contributed by atoms with Gasteiger partial charge in [-0.05, 0) is 22.0 Å². The van der Waals surface area contributed by atoms with Gasteiger partial charge in [-0.3, -0.25) is 14.5 Å². The zero-order chi connectivity index (χ0) is 13.0. The summed E-state index contributed by atoms with van der Waals surface area (Å²) in [5, 5.41) is 1.98. The summed E-state index contributed by atoms with van der Waals surface area (Å²) in [6.07, 6.45) is 0. The third-order valence-corrected chi connectivity index (χ3v) is 4.47. The number of amides is 1. The number of morpholine rings is 1. The first-order valence-electron chi connectivity index (χ1n) is 5.61. The Labute approximate surface area is 118 Å². The minimum atomic E-state index is -0.315. The normalized spacial score (nSPS) is 18.6. The second kappa shape index (κ2) is 6.63. The SMILES string of the molecule is CONC(=O)C(c1cc(Br)cs1)N1CCOCC1. The first kappa shape index (κ1) is 14.0. The van der Waals surface area contributed by atoms with Gasteiger partial charge in [-0.15, -0.1) is 11.3 Å². The van der Waals surface area contributed by atoms with Crippen LogP contribution in [0.4, 0.5) is 0 Å². The fraction of sp³-hybridized carbons (Fsp3) is 0.545. The third-order valence-electron chi connectivity index (χ3n) is 2.72. The van der Waals surface area contributed by atoms with Gasteiger partial charge >= 0.3 is 0 Å². The summed E-state index contributed by atoms with van der Waals surface area (Å²) in [5.41, 5.74) is 2.42. The minimum absolute atomic E-state index is 0.145. The van der Waals surface area contributed by atoms with Gasteiger partial charge in [-0.2, -0.15) is 0 Å². The molecule has 0 bridgehead atoms. The summed E-state index contributed by atoms with van der Waals surface area (Å²) in [6.45, 7) is 2.81. The monoisotopic (exact) mass is 334 g/mol. The number of ether oxygens (including phenoxy) is 1. The Morgan fingerprint density at radius 3 is 2.89 bits per heavy atom. The van der Waals surface area contributed by atoms with Gasteiger partial charge in [0.25, 0.3) is 5.91 Å². The Bertz CT molecular complexity index is 407. The minimum Gasteiger partial charge on any atom is -0.379 e. The van der Waals surface area contributed by atoms with Crippen molar-refractivity contribution in [2.45, 2.75) is 6.04 Å². The number of halogens is 1. The van der Waals surface area contributed by atoms with Crippen LogP contribution in [0.25, 0.3) is 0 Å². The fourth-order valence-corrected chi connectivity index (χ4v) is 3.51. The fourth-order valence-electron chi connectivity index (χ4n) is 1.94. The van der Waals surface area contributed by atoms with E-state index in [1.165, 1.54) is 7.11 Å². The molecule has 1 unspecified atom stereocenters. The molecule has 5 nitrogen and oxygen atoms in total. The summed E-state index contributed by atoms with van der Waals surface area (Å²) in [7, 11) is 1.44. The van der Waals surface area contributed by atoms with Gasteiger partial charge in [0, 0.05) is 27.8 Å². The van der Waals surface area contributed by atoms with E-state index < -0.39 is 0 Å². The summed E-state index contributed by atoms with van der Waals surface area (Å²) in [6, 6.07) is 1.66. The highest BCUT2D eigenvalue weighted by Gasteiger charge is 2.30. The number of carbonyl (C=O) groups excluding carboxylic acids is 1. The molecule has 7 heteroatoms. The molecular formula is C11H15BrN2O3S. The zero-order valence-corrected chi connectivity index (χ0v) is 12.4. The van der Waals surface area contributed by atoms with Gasteiger partial charge < -0.3 is 4.74 Å². The molecule has 0 aromatic carbocycles. The summed E-state index contributed by atoms with van der Waals surface area (Å²) in [5.74, 6) is -0.145. The van der Waals surface area contributed by atoms with E-state index in [-0.39, 0.29) is 11.9 Å². The third kappa shape index (κ3) is 3.30. The molecule has 1 saturated heterocycles. The van der Waals surface area contributed by atoms with Gasteiger partial charge in [0.15, 0.2) is 0 Å². The molecule has 100 valence electrons. The van der Waals surface area contributed by atoms with Gasteiger partial charge in [0.1, 0.15) is 6.04 Å². The Morgan fingerprint density at radius 2 is 2.33 bits per heavy atom. The van der Waals surface area contributed by atoms with Crippen LogP contribution >= 0.6 is 27.3 Å². The van der Waals surface area contributed by atoms with E-state index >= 15 is 0 Å². The first-order chi connectivity index (χ1) is 8.72. The number of hydrogen-bond acceptors (Lipinski definition) is 5. The predicted molar refractivity (Wildman–Crippen MR) is 72.3 cm³/mol. The van der Waals surface area contributed by atoms with E-state index in [1.807, 2.05) is 11.4 Å². The molecule has 18 heavy (non-hydrogen) atoms. The van der Waals surface area contributed by atoms with Crippen LogP contribution in [0.1, 0.15) is 10.9 Å². The van der Waals surface area contributed by atoms with E-state index in [2.05, 4.69) is 26.3 Å². The van der Waals surface area contributed by atoms with Crippen LogP contribution < -0.4 is 5.48 Å². The largest absolute Gasteiger partial charge is 0.379 e. The van der Waals surface area contributed by atoms with Crippen LogP contribution in [0, 0.1) is 0 Å². The van der Waals surface area contributed by atoms with Gasteiger partial charge in [-0.1, -0.05) is 0 Å². The highest BCUT2D eigenvalue weighted by atomic mass is 79.9. The standard InChI is InChI=1S/C11H15BrN2O3S/c1-16-13-11(15)10(9-6-8(12)7-18-9)14-2-4-17-5-3-14/h6-7,10H,2-5H2,1H3,(H,13,15). The van der Waals surface area contributed by atoms with Crippen molar-refractivity contribution in [3.05, 3.63) is 20.8 Å². The highest BCUT2D eigenvalue weighted by Crippen LogP contribution is 2.30. The molecule has 0 radical (unpaired) electrons. The topological polar surface area (TPSA) is 50.8 Å². The van der Waals surface area contributed by atoms with Crippen molar-refractivity contribution in [3.8, 4) is 0 Å². The molecule has 2 rings (SSSR count). The number of hydroxylamine groups is 1. The lowest BCUT2D eigenvalue weighted by molar-refractivity contribution is -0.138. The second-order valence-corrected chi connectivity index (χ2v) is 5.75. The van der Waals surface area contributed by atoms with E-state index in [0.29, 0.717) is 13.2 Å². The lowest BCUT2D eigenvalue weighted by Crippen LogP contribution is -2.45. The second-order valence-electron chi connectivity index (χ2n) is 3.89. The highest BCUT2D eigenvalue weighted by molar-refractivity contribution is 9.10. The Hall–Kier alpha value is -0.470. The smallest absolute Gasteiger partial charge is 0.266 e. The Kier molecular flexibility index (Phi) is 5.13. The molecular weight excluding hydrogens is 320 g/mol. The van der Waals surface area contributed by atoms with Crippen LogP contribution in [-0.2, 0) is 14.4 Å². The number of rotatable bonds is 4. The molecule has 1 amide bonds. The van der Waals surface area contributed by atoms with Crippen LogP contribution in [-0.4, -0.2) is 44.2 Å². The molecule has 1 aromatic rings. The average molecular weight is 335 g/mol. The first-order valence-corrected chi connectivity index (χ1v) is 7.28. The number of nitrogens with one attached hydrogen (secondary N) is 1. The maximum absolute atomic E-state index is 12.1. The molecule has 0 saturated carbocycles. The van der Waals surface area contributed by atoms with E-state index in [1.54, 1.807) is 11.3 Å². The maximum Gasteiger partial charge on any atom is 0.266 e. The van der Waals surface area contributed by atoms with E-state index in [9.17, 15) is 4.79 Å². The molecule has 1 aromatic heterocycles. The van der Waals surface area contributed by atoms with Gasteiger partial charge in [0.2, 0.25) is 0 Å². The number of nitrogens with zero attached hydrogens (tertiary/aromatic N) is 1. The number of carbonyl (C=O) groups is 1. The van der Waals surface area contributed by atoms with Gasteiger partial charge in [0.05, 0.1) is 20.3 Å². The molecule has 1 aliphatic heterocycles. The van der Waals surface area contributed by atoms with E-state index in [4.69, 9.17) is 9.57 Å². The molecule has 1 fully saturated rings. The van der Waals surface area contributed by atoms with Crippen LogP contribution in [0.2, 0.25) is 0 Å². The van der Waals surface area contributed by atoms with Crippen molar-refractivity contribution >= 4 is 33.2 Å². The summed E-state index contributed by atoms with van der Waals surface area (Å²) in [4.78, 5) is 20.0. The molecule has 0 spiro atoms. The van der Waals surface area contributed by atoms with Crippen molar-refractivity contribution in [2.24, 2.45) is 0 Å². The van der Waals surface area contributed by atoms with Crippen LogP contribution in [0.5, 0.6) is 0 Å². The molecule has 0 aliphatic carbocycles. The lowest BCUT2D eigenvalue weighted by atomic mass is 10.2. The van der Waals surface area contributed by atoms with E-state index in [0.717, 1.165) is 22.4 Å². The quantitative estimate of drug-likeness (QED) is 0.849. The summed E-state index contributed by atoms with van der Waals surface area (Å²) >= 11 is 4.98. The van der Waals surface area contributed by atoms with Gasteiger partial charge in [-0.25, -0.2) is 5.48 Å². The molecule has 1 N–H and O–H groups in total. The zero-order valence-electron chi connectivity index (χ0n) is 10.0. The van der Waals surface area contributed by atoms with Crippen molar-refractivity contribution in [2.75, 3.05) is 33.4 Å². The molecule has 2 heterocycles. The lowest BCUT2D eigenvalue weighted by Gasteiger charge is -2.32. The summed E-state index contributed by atoms with van der Waals surface area (Å²) < 4.78 is 6.31. The maximum atomic E-state index is 12.1.